The number of aromatic nitrogens is 2. The number of benzene rings is 1. The summed E-state index contributed by atoms with van der Waals surface area (Å²) in [5.41, 5.74) is 0.249. The van der Waals surface area contributed by atoms with Gasteiger partial charge >= 0.3 is 5.97 Å². The third kappa shape index (κ3) is 3.14. The van der Waals surface area contributed by atoms with Gasteiger partial charge in [0.15, 0.2) is 0 Å². The number of H-pyrrole nitrogens is 1. The van der Waals surface area contributed by atoms with Crippen LogP contribution in [0.2, 0.25) is 0 Å². The number of hydrogen-bond acceptors (Lipinski definition) is 4. The number of carboxylic acids is 1. The maximum Gasteiger partial charge on any atom is 0.326 e. The lowest BCUT2D eigenvalue weighted by Gasteiger charge is -2.16. The van der Waals surface area contributed by atoms with Gasteiger partial charge in [-0.1, -0.05) is 26.0 Å². The van der Waals surface area contributed by atoms with Crippen molar-refractivity contribution in [2.75, 3.05) is 5.32 Å². The molecule has 0 aliphatic heterocycles. The molecule has 0 saturated heterocycles. The average molecular weight is 275 g/mol. The molecule has 1 unspecified atom stereocenters. The summed E-state index contributed by atoms with van der Waals surface area (Å²) in [4.78, 5) is 29.9. The van der Waals surface area contributed by atoms with E-state index in [0.29, 0.717) is 17.3 Å². The fraction of sp³-hybridized carbons (Fsp3) is 0.357. The molecule has 0 spiro atoms. The van der Waals surface area contributed by atoms with E-state index >= 15 is 0 Å². The molecule has 1 aromatic carbocycles. The number of para-hydroxylation sites is 1. The highest BCUT2D eigenvalue weighted by atomic mass is 16.4. The zero-order valence-electron chi connectivity index (χ0n) is 11.4. The van der Waals surface area contributed by atoms with Crippen LogP contribution < -0.4 is 10.9 Å². The van der Waals surface area contributed by atoms with Gasteiger partial charge in [0.05, 0.1) is 10.9 Å². The monoisotopic (exact) mass is 275 g/mol. The van der Waals surface area contributed by atoms with E-state index < -0.39 is 12.0 Å². The normalized spacial score (nSPS) is 12.6. The van der Waals surface area contributed by atoms with Gasteiger partial charge in [0.2, 0.25) is 5.95 Å². The van der Waals surface area contributed by atoms with Crippen LogP contribution >= 0.6 is 0 Å². The zero-order valence-corrected chi connectivity index (χ0v) is 11.4. The Balaban J connectivity index is 2.33. The molecule has 0 amide bonds. The van der Waals surface area contributed by atoms with Gasteiger partial charge in [0, 0.05) is 0 Å². The molecule has 0 bridgehead atoms. The smallest absolute Gasteiger partial charge is 0.326 e. The Bertz CT molecular complexity index is 679. The van der Waals surface area contributed by atoms with E-state index in [4.69, 9.17) is 0 Å². The van der Waals surface area contributed by atoms with Crippen LogP contribution in [0.1, 0.15) is 20.3 Å². The molecular weight excluding hydrogens is 258 g/mol. The number of fused-ring (bicyclic) bond motifs is 1. The fourth-order valence-corrected chi connectivity index (χ4v) is 2.01. The molecule has 20 heavy (non-hydrogen) atoms. The van der Waals surface area contributed by atoms with E-state index in [2.05, 4.69) is 15.3 Å². The van der Waals surface area contributed by atoms with E-state index in [0.717, 1.165) is 0 Å². The van der Waals surface area contributed by atoms with Crippen molar-refractivity contribution < 1.29 is 9.90 Å². The average Bonchev–Trinajstić information content (AvgIpc) is 2.37. The maximum atomic E-state index is 11.9. The largest absolute Gasteiger partial charge is 0.480 e. The number of nitrogens with one attached hydrogen (secondary N) is 2. The number of hydrogen-bond donors (Lipinski definition) is 3. The molecule has 0 aliphatic rings. The molecule has 3 N–H and O–H groups in total. The maximum absolute atomic E-state index is 11.9. The molecule has 0 aliphatic carbocycles. The molecule has 6 heteroatoms. The Labute approximate surface area is 115 Å². The SMILES string of the molecule is CC(C)CC(Nc1nc2ccccc2c(=O)[nH]1)C(=O)O. The van der Waals surface area contributed by atoms with Crippen LogP contribution in [0.3, 0.4) is 0 Å². The standard InChI is InChI=1S/C14H17N3O3/c1-8(2)7-11(13(19)20)16-14-15-10-6-4-3-5-9(10)12(18)17-14/h3-6,8,11H,7H2,1-2H3,(H,19,20)(H2,15,16,17,18). The van der Waals surface area contributed by atoms with E-state index in [1.165, 1.54) is 0 Å². The Morgan fingerprint density at radius 3 is 2.75 bits per heavy atom. The second kappa shape index (κ2) is 5.73. The molecule has 1 heterocycles. The lowest BCUT2D eigenvalue weighted by atomic mass is 10.0. The summed E-state index contributed by atoms with van der Waals surface area (Å²) in [6.45, 7) is 3.88. The van der Waals surface area contributed by atoms with Crippen molar-refractivity contribution >= 4 is 22.8 Å². The highest BCUT2D eigenvalue weighted by molar-refractivity contribution is 5.80. The van der Waals surface area contributed by atoms with Crippen molar-refractivity contribution in [1.29, 1.82) is 0 Å². The lowest BCUT2D eigenvalue weighted by Crippen LogP contribution is -2.32. The Hall–Kier alpha value is -2.37. The number of rotatable bonds is 5. The van der Waals surface area contributed by atoms with Crippen LogP contribution in [-0.2, 0) is 4.79 Å². The molecule has 2 rings (SSSR count). The Kier molecular flexibility index (Phi) is 4.02. The number of aliphatic carboxylic acids is 1. The minimum Gasteiger partial charge on any atom is -0.480 e. The summed E-state index contributed by atoms with van der Waals surface area (Å²) >= 11 is 0. The van der Waals surface area contributed by atoms with E-state index in [9.17, 15) is 14.7 Å². The molecular formula is C14H17N3O3. The Morgan fingerprint density at radius 1 is 1.40 bits per heavy atom. The first-order chi connectivity index (χ1) is 9.47. The van der Waals surface area contributed by atoms with Crippen LogP contribution in [0.15, 0.2) is 29.1 Å². The molecule has 0 saturated carbocycles. The van der Waals surface area contributed by atoms with E-state index in [-0.39, 0.29) is 17.4 Å². The van der Waals surface area contributed by atoms with E-state index in [1.807, 2.05) is 13.8 Å². The number of nitrogens with zero attached hydrogens (tertiary/aromatic N) is 1. The summed E-state index contributed by atoms with van der Waals surface area (Å²) < 4.78 is 0. The van der Waals surface area contributed by atoms with Crippen LogP contribution in [0.4, 0.5) is 5.95 Å². The summed E-state index contributed by atoms with van der Waals surface area (Å²) in [6, 6.07) is 6.15. The zero-order chi connectivity index (χ0) is 14.7. The first-order valence-corrected chi connectivity index (χ1v) is 6.45. The van der Waals surface area contributed by atoms with Crippen molar-refractivity contribution in [1.82, 2.24) is 9.97 Å². The second-order valence-corrected chi connectivity index (χ2v) is 5.10. The first-order valence-electron chi connectivity index (χ1n) is 6.45. The number of carboxylic acid groups (broad SMARTS) is 1. The van der Waals surface area contributed by atoms with Gasteiger partial charge in [-0.05, 0) is 24.5 Å². The Morgan fingerprint density at radius 2 is 2.10 bits per heavy atom. The predicted molar refractivity (Wildman–Crippen MR) is 76.9 cm³/mol. The van der Waals surface area contributed by atoms with Crippen LogP contribution in [0, 0.1) is 5.92 Å². The molecule has 1 aromatic heterocycles. The minimum atomic E-state index is -0.963. The third-order valence-electron chi connectivity index (χ3n) is 2.93. The summed E-state index contributed by atoms with van der Waals surface area (Å²) in [5.74, 6) is -0.563. The van der Waals surface area contributed by atoms with Crippen molar-refractivity contribution in [3.05, 3.63) is 34.6 Å². The third-order valence-corrected chi connectivity index (χ3v) is 2.93. The number of anilines is 1. The highest BCUT2D eigenvalue weighted by Gasteiger charge is 2.19. The van der Waals surface area contributed by atoms with Crippen molar-refractivity contribution in [2.24, 2.45) is 5.92 Å². The van der Waals surface area contributed by atoms with Crippen molar-refractivity contribution in [3.63, 3.8) is 0 Å². The fourth-order valence-electron chi connectivity index (χ4n) is 2.01. The van der Waals surface area contributed by atoms with E-state index in [1.54, 1.807) is 24.3 Å². The molecule has 106 valence electrons. The van der Waals surface area contributed by atoms with Crippen LogP contribution in [0.25, 0.3) is 10.9 Å². The van der Waals surface area contributed by atoms with Crippen molar-refractivity contribution in [2.45, 2.75) is 26.3 Å². The second-order valence-electron chi connectivity index (χ2n) is 5.10. The first kappa shape index (κ1) is 14.0. The van der Waals surface area contributed by atoms with Gasteiger partial charge in [-0.15, -0.1) is 0 Å². The summed E-state index contributed by atoms with van der Waals surface area (Å²) in [5, 5.41) is 12.4. The molecule has 0 fully saturated rings. The highest BCUT2D eigenvalue weighted by Crippen LogP contribution is 2.12. The van der Waals surface area contributed by atoms with Crippen LogP contribution in [-0.4, -0.2) is 27.1 Å². The summed E-state index contributed by atoms with van der Waals surface area (Å²) in [6.07, 6.45) is 0.450. The molecule has 0 radical (unpaired) electrons. The topological polar surface area (TPSA) is 95.1 Å². The molecule has 2 aromatic rings. The lowest BCUT2D eigenvalue weighted by molar-refractivity contribution is -0.138. The molecule has 6 nitrogen and oxygen atoms in total. The predicted octanol–water partition coefficient (Wildman–Crippen LogP) is 1.83. The number of carbonyl (C=O) groups is 1. The quantitative estimate of drug-likeness (QED) is 0.773. The van der Waals surface area contributed by atoms with Gasteiger partial charge in [-0.25, -0.2) is 9.78 Å². The summed E-state index contributed by atoms with van der Waals surface area (Å²) in [7, 11) is 0. The number of aromatic amines is 1. The van der Waals surface area contributed by atoms with Gasteiger partial charge in [-0.2, -0.15) is 0 Å². The van der Waals surface area contributed by atoms with Crippen LogP contribution in [0.5, 0.6) is 0 Å². The van der Waals surface area contributed by atoms with Gasteiger partial charge in [0.1, 0.15) is 6.04 Å². The van der Waals surface area contributed by atoms with Gasteiger partial charge in [0.25, 0.3) is 5.56 Å². The van der Waals surface area contributed by atoms with Gasteiger partial charge in [-0.3, -0.25) is 9.78 Å². The molecule has 1 atom stereocenters. The van der Waals surface area contributed by atoms with Crippen molar-refractivity contribution in [3.8, 4) is 0 Å². The minimum absolute atomic E-state index is 0.182. The van der Waals surface area contributed by atoms with Gasteiger partial charge < -0.3 is 10.4 Å².